The molecule has 2 aromatic carbocycles. The number of nitrogens with zero attached hydrogens (tertiary/aromatic N) is 4. The van der Waals surface area contributed by atoms with E-state index in [1.165, 1.54) is 0 Å². The minimum atomic E-state index is -0.563. The molecule has 36 heavy (non-hydrogen) atoms. The van der Waals surface area contributed by atoms with Crippen LogP contribution in [0.4, 0.5) is 0 Å². The second-order valence-corrected chi connectivity index (χ2v) is 9.76. The number of benzene rings is 2. The fourth-order valence-electron chi connectivity index (χ4n) is 4.27. The van der Waals surface area contributed by atoms with Crippen molar-refractivity contribution in [2.24, 2.45) is 0 Å². The molecule has 0 atom stereocenters. The third-order valence-corrected chi connectivity index (χ3v) is 6.31. The van der Waals surface area contributed by atoms with Gasteiger partial charge in [-0.15, -0.1) is 0 Å². The number of H-pyrrole nitrogens is 1. The Morgan fingerprint density at radius 3 is 2.47 bits per heavy atom. The van der Waals surface area contributed by atoms with Gasteiger partial charge in [0, 0.05) is 40.3 Å². The number of nitriles is 1. The quantitative estimate of drug-likeness (QED) is 0.336. The van der Waals surface area contributed by atoms with E-state index in [4.69, 9.17) is 0 Å². The lowest BCUT2D eigenvalue weighted by Gasteiger charge is -2.15. The molecule has 2 N–H and O–H groups in total. The molecule has 0 unspecified atom stereocenters. The van der Waals surface area contributed by atoms with Gasteiger partial charge in [0.05, 0.1) is 34.3 Å². The summed E-state index contributed by atoms with van der Waals surface area (Å²) in [4.78, 5) is 21.4. The molecule has 5 aromatic rings. The lowest BCUT2D eigenvalue weighted by molar-refractivity contribution is 0.0943. The number of aromatic nitrogens is 4. The smallest absolute Gasteiger partial charge is 0.253 e. The lowest BCUT2D eigenvalue weighted by atomic mass is 9.86. The third kappa shape index (κ3) is 4.18. The normalized spacial score (nSPS) is 11.7. The molecule has 0 aliphatic heterocycles. The molecule has 7 heteroatoms. The van der Waals surface area contributed by atoms with Crippen LogP contribution in [0.25, 0.3) is 44.2 Å². The summed E-state index contributed by atoms with van der Waals surface area (Å²) < 4.78 is 0. The van der Waals surface area contributed by atoms with Gasteiger partial charge in [0.2, 0.25) is 0 Å². The Morgan fingerprint density at radius 2 is 1.75 bits per heavy atom. The van der Waals surface area contributed by atoms with Crippen molar-refractivity contribution in [1.82, 2.24) is 25.5 Å². The summed E-state index contributed by atoms with van der Waals surface area (Å²) in [6, 6.07) is 18.2. The van der Waals surface area contributed by atoms with Crippen molar-refractivity contribution in [3.05, 3.63) is 78.2 Å². The monoisotopic (exact) mass is 474 g/mol. The van der Waals surface area contributed by atoms with Gasteiger partial charge >= 0.3 is 0 Å². The number of hydrogen-bond acceptors (Lipinski definition) is 5. The van der Waals surface area contributed by atoms with Gasteiger partial charge in [-0.3, -0.25) is 19.9 Å². The van der Waals surface area contributed by atoms with E-state index in [2.05, 4.69) is 37.6 Å². The molecule has 1 amide bonds. The average Bonchev–Trinajstić information content (AvgIpc) is 3.33. The number of aromatic amines is 1. The topological polar surface area (TPSA) is 107 Å². The van der Waals surface area contributed by atoms with Crippen LogP contribution >= 0.6 is 0 Å². The predicted octanol–water partition coefficient (Wildman–Crippen LogP) is 5.78. The van der Waals surface area contributed by atoms with E-state index in [0.717, 1.165) is 49.8 Å². The molecule has 3 heterocycles. The van der Waals surface area contributed by atoms with Gasteiger partial charge in [-0.2, -0.15) is 10.4 Å². The third-order valence-electron chi connectivity index (χ3n) is 6.31. The van der Waals surface area contributed by atoms with Crippen LogP contribution in [0, 0.1) is 11.3 Å². The van der Waals surface area contributed by atoms with Crippen molar-refractivity contribution in [3.63, 3.8) is 0 Å². The highest BCUT2D eigenvalue weighted by molar-refractivity contribution is 6.11. The first kappa shape index (κ1) is 23.2. The van der Waals surface area contributed by atoms with Crippen LogP contribution in [0.15, 0.2) is 67.1 Å². The zero-order valence-corrected chi connectivity index (χ0v) is 20.6. The van der Waals surface area contributed by atoms with Gasteiger partial charge in [-0.05, 0) is 57.0 Å². The van der Waals surface area contributed by atoms with E-state index in [1.807, 2.05) is 70.2 Å². The van der Waals surface area contributed by atoms with E-state index in [1.54, 1.807) is 18.6 Å². The van der Waals surface area contributed by atoms with Gasteiger partial charge < -0.3 is 5.32 Å². The van der Waals surface area contributed by atoms with Crippen LogP contribution < -0.4 is 5.32 Å². The summed E-state index contributed by atoms with van der Waals surface area (Å²) >= 11 is 0. The summed E-state index contributed by atoms with van der Waals surface area (Å²) in [6.45, 7) is 7.67. The highest BCUT2D eigenvalue weighted by Crippen LogP contribution is 2.35. The maximum absolute atomic E-state index is 12.5. The molecule has 0 aliphatic rings. The molecule has 0 aliphatic carbocycles. The second kappa shape index (κ2) is 8.90. The highest BCUT2D eigenvalue weighted by Gasteiger charge is 2.20. The second-order valence-electron chi connectivity index (χ2n) is 9.76. The van der Waals surface area contributed by atoms with Crippen molar-refractivity contribution >= 4 is 27.7 Å². The largest absolute Gasteiger partial charge is 0.350 e. The Balaban J connectivity index is 1.61. The van der Waals surface area contributed by atoms with Gasteiger partial charge in [-0.1, -0.05) is 30.3 Å². The minimum absolute atomic E-state index is 0.0423. The fraction of sp³-hybridized carbons (Fsp3) is 0.207. The zero-order chi connectivity index (χ0) is 25.4. The number of amides is 1. The highest BCUT2D eigenvalue weighted by atomic mass is 16.1. The number of carbonyl (C=O) groups excluding carboxylic acids is 1. The van der Waals surface area contributed by atoms with Gasteiger partial charge in [0.25, 0.3) is 5.91 Å². The van der Waals surface area contributed by atoms with E-state index >= 15 is 0 Å². The van der Waals surface area contributed by atoms with Crippen LogP contribution in [-0.2, 0) is 5.41 Å². The van der Waals surface area contributed by atoms with Crippen LogP contribution in [0.3, 0.4) is 0 Å². The Hall–Kier alpha value is -4.57. The summed E-state index contributed by atoms with van der Waals surface area (Å²) in [5, 5.41) is 22.0. The van der Waals surface area contributed by atoms with Crippen LogP contribution in [0.1, 0.15) is 43.6 Å². The summed E-state index contributed by atoms with van der Waals surface area (Å²) in [5.74, 6) is -0.149. The molecular weight excluding hydrogens is 448 g/mol. The number of fused-ring (bicyclic) bond motifs is 3. The van der Waals surface area contributed by atoms with Crippen LogP contribution in [0.2, 0.25) is 0 Å². The van der Waals surface area contributed by atoms with Gasteiger partial charge in [0.1, 0.15) is 5.69 Å². The average molecular weight is 475 g/mol. The Labute approximate surface area is 209 Å². The van der Waals surface area contributed by atoms with Crippen molar-refractivity contribution in [2.45, 2.75) is 39.2 Å². The molecule has 3 aromatic heterocycles. The molecule has 7 nitrogen and oxygen atoms in total. The predicted molar refractivity (Wildman–Crippen MR) is 141 cm³/mol. The van der Waals surface area contributed by atoms with Crippen molar-refractivity contribution in [2.75, 3.05) is 0 Å². The summed E-state index contributed by atoms with van der Waals surface area (Å²) in [6.07, 6.45) is 5.12. The molecule has 0 radical (unpaired) electrons. The van der Waals surface area contributed by atoms with Crippen molar-refractivity contribution < 1.29 is 4.79 Å². The lowest BCUT2D eigenvalue weighted by Crippen LogP contribution is -2.30. The Kier molecular flexibility index (Phi) is 5.73. The Morgan fingerprint density at radius 1 is 1.00 bits per heavy atom. The van der Waals surface area contributed by atoms with E-state index in [-0.39, 0.29) is 11.9 Å². The molecule has 0 spiro atoms. The standard InChI is InChI=1S/C29H26N6O/c1-17(2)33-28(36)21-11-20(13-31-14-21)19-7-10-24-23(12-19)26-25(15-32-24)34-35-27(26)18-5-8-22(9-6-18)29(3,4)16-30/h5-15,17H,1-4H3,(H,33,36)(H,34,35). The molecule has 0 fully saturated rings. The molecule has 178 valence electrons. The molecule has 0 bridgehead atoms. The maximum atomic E-state index is 12.5. The molecule has 0 saturated carbocycles. The van der Waals surface area contributed by atoms with Gasteiger partial charge in [-0.25, -0.2) is 0 Å². The number of nitrogens with one attached hydrogen (secondary N) is 2. The first-order valence-corrected chi connectivity index (χ1v) is 11.8. The number of carbonyl (C=O) groups is 1. The fourth-order valence-corrected chi connectivity index (χ4v) is 4.27. The Bertz CT molecular complexity index is 1640. The van der Waals surface area contributed by atoms with Crippen molar-refractivity contribution in [3.8, 4) is 28.5 Å². The SMILES string of the molecule is CC(C)NC(=O)c1cncc(-c2ccc3ncc4[nH]nc(-c5ccc(C(C)(C)C#N)cc5)c4c3c2)c1. The van der Waals surface area contributed by atoms with Crippen LogP contribution in [0.5, 0.6) is 0 Å². The molecule has 0 saturated heterocycles. The zero-order valence-electron chi connectivity index (χ0n) is 20.6. The first-order valence-electron chi connectivity index (χ1n) is 11.8. The van der Waals surface area contributed by atoms with Crippen LogP contribution in [-0.4, -0.2) is 32.1 Å². The number of hydrogen-bond donors (Lipinski definition) is 2. The number of rotatable bonds is 5. The van der Waals surface area contributed by atoms with E-state index in [9.17, 15) is 10.1 Å². The minimum Gasteiger partial charge on any atom is -0.350 e. The molecular formula is C29H26N6O. The van der Waals surface area contributed by atoms with E-state index in [0.29, 0.717) is 5.56 Å². The van der Waals surface area contributed by atoms with E-state index < -0.39 is 5.41 Å². The van der Waals surface area contributed by atoms with Gasteiger partial charge in [0.15, 0.2) is 0 Å². The summed E-state index contributed by atoms with van der Waals surface area (Å²) in [5.41, 5.74) is 6.13. The molecule has 5 rings (SSSR count). The number of pyridine rings is 2. The van der Waals surface area contributed by atoms with Crippen molar-refractivity contribution in [1.29, 1.82) is 5.26 Å². The summed E-state index contributed by atoms with van der Waals surface area (Å²) in [7, 11) is 0. The maximum Gasteiger partial charge on any atom is 0.253 e. The first-order chi connectivity index (χ1) is 17.3.